The van der Waals surface area contributed by atoms with Crippen molar-refractivity contribution >= 4 is 22.9 Å². The van der Waals surface area contributed by atoms with Gasteiger partial charge in [0.25, 0.3) is 5.56 Å². The number of hydrogen-bond acceptors (Lipinski definition) is 6. The number of rotatable bonds is 6. The second-order valence-electron chi connectivity index (χ2n) is 7.96. The number of nitrogens with zero attached hydrogens (tertiary/aromatic N) is 4. The van der Waals surface area contributed by atoms with Crippen molar-refractivity contribution in [3.05, 3.63) is 70.9 Å². The van der Waals surface area contributed by atoms with Crippen LogP contribution >= 0.6 is 0 Å². The summed E-state index contributed by atoms with van der Waals surface area (Å²) < 4.78 is 1.58. The van der Waals surface area contributed by atoms with E-state index in [0.29, 0.717) is 12.1 Å². The summed E-state index contributed by atoms with van der Waals surface area (Å²) in [6.07, 6.45) is 9.40. The Bertz CT molecular complexity index is 1240. The lowest BCUT2D eigenvalue weighted by atomic mass is 10.2. The predicted octanol–water partition coefficient (Wildman–Crippen LogP) is 3.51. The highest BCUT2D eigenvalue weighted by molar-refractivity contribution is 5.73. The summed E-state index contributed by atoms with van der Waals surface area (Å²) in [6.45, 7) is 2.12. The Hall–Kier alpha value is -3.68. The Labute approximate surface area is 179 Å². The fourth-order valence-corrected chi connectivity index (χ4v) is 4.11. The number of anilines is 2. The largest absolute Gasteiger partial charge is 0.367 e. The van der Waals surface area contributed by atoms with E-state index in [0.717, 1.165) is 54.3 Å². The van der Waals surface area contributed by atoms with E-state index < -0.39 is 0 Å². The first kappa shape index (κ1) is 19.3. The van der Waals surface area contributed by atoms with Crippen LogP contribution in [0.5, 0.6) is 0 Å². The average molecular weight is 416 g/mol. The molecule has 8 nitrogen and oxygen atoms in total. The Morgan fingerprint density at radius 2 is 1.97 bits per heavy atom. The molecule has 158 valence electrons. The number of fused-ring (bicyclic) bond motifs is 1. The molecule has 4 aromatic heterocycles. The zero-order valence-electron chi connectivity index (χ0n) is 17.4. The minimum atomic E-state index is -0.0681. The van der Waals surface area contributed by atoms with Crippen molar-refractivity contribution in [1.29, 1.82) is 0 Å². The lowest BCUT2D eigenvalue weighted by Crippen LogP contribution is -2.21. The van der Waals surface area contributed by atoms with Crippen LogP contribution in [0.3, 0.4) is 0 Å². The Balaban J connectivity index is 1.20. The molecule has 0 aliphatic heterocycles. The number of aromatic amines is 1. The molecule has 0 aromatic carbocycles. The molecule has 8 heteroatoms. The van der Waals surface area contributed by atoms with Crippen molar-refractivity contribution in [3.8, 4) is 5.69 Å². The second-order valence-corrected chi connectivity index (χ2v) is 7.96. The lowest BCUT2D eigenvalue weighted by molar-refractivity contribution is 0.718. The molecular formula is C23H25N7O. The van der Waals surface area contributed by atoms with Crippen LogP contribution in [-0.2, 0) is 6.42 Å². The summed E-state index contributed by atoms with van der Waals surface area (Å²) in [4.78, 5) is 28.8. The summed E-state index contributed by atoms with van der Waals surface area (Å²) in [5.41, 5.74) is 3.60. The van der Waals surface area contributed by atoms with Crippen LogP contribution < -0.4 is 16.2 Å². The quantitative estimate of drug-likeness (QED) is 0.446. The monoisotopic (exact) mass is 415 g/mol. The van der Waals surface area contributed by atoms with Gasteiger partial charge in [-0.15, -0.1) is 0 Å². The zero-order chi connectivity index (χ0) is 21.2. The summed E-state index contributed by atoms with van der Waals surface area (Å²) in [7, 11) is 0. The van der Waals surface area contributed by atoms with E-state index >= 15 is 0 Å². The van der Waals surface area contributed by atoms with Gasteiger partial charge in [-0.3, -0.25) is 9.36 Å². The van der Waals surface area contributed by atoms with Crippen molar-refractivity contribution in [2.24, 2.45) is 0 Å². The number of aromatic nitrogens is 5. The first-order valence-corrected chi connectivity index (χ1v) is 10.7. The molecule has 1 aliphatic rings. The number of H-pyrrole nitrogens is 1. The molecular weight excluding hydrogens is 390 g/mol. The number of nitrogens with one attached hydrogen (secondary N) is 3. The fraction of sp³-hybridized carbons (Fsp3) is 0.304. The van der Waals surface area contributed by atoms with E-state index in [1.807, 2.05) is 24.4 Å². The van der Waals surface area contributed by atoms with Crippen LogP contribution in [0, 0.1) is 0 Å². The zero-order valence-corrected chi connectivity index (χ0v) is 17.4. The van der Waals surface area contributed by atoms with E-state index in [4.69, 9.17) is 0 Å². The van der Waals surface area contributed by atoms with Gasteiger partial charge in [0.2, 0.25) is 5.95 Å². The van der Waals surface area contributed by atoms with Gasteiger partial charge in [0.05, 0.1) is 17.4 Å². The first-order chi connectivity index (χ1) is 15.2. The molecule has 2 atom stereocenters. The Morgan fingerprint density at radius 1 is 1.10 bits per heavy atom. The van der Waals surface area contributed by atoms with Gasteiger partial charge in [-0.25, -0.2) is 9.97 Å². The number of imidazole rings is 1. The topological polar surface area (TPSA) is 101 Å². The smallest absolute Gasteiger partial charge is 0.255 e. The molecule has 0 bridgehead atoms. The highest BCUT2D eigenvalue weighted by Gasteiger charge is 2.25. The molecule has 4 heterocycles. The molecule has 0 saturated heterocycles. The molecule has 0 unspecified atom stereocenters. The standard InChI is InChI=1S/C23H25N7O/c1-2-15-11-19-22(25-13-15)29-23(28-19)27-17-7-6-16(12-17)26-20-9-8-18(14-24-20)30-10-4-3-5-21(30)31/h3-5,8-11,13-14,16-17H,2,6-7,12H2,1H3,(H,24,26)(H2,25,27,28,29)/t16-,17-/m0/s1. The van der Waals surface area contributed by atoms with Gasteiger partial charge in [0, 0.05) is 30.5 Å². The lowest BCUT2D eigenvalue weighted by Gasteiger charge is -2.15. The Morgan fingerprint density at radius 3 is 2.74 bits per heavy atom. The highest BCUT2D eigenvalue weighted by Crippen LogP contribution is 2.25. The molecule has 31 heavy (non-hydrogen) atoms. The summed E-state index contributed by atoms with van der Waals surface area (Å²) >= 11 is 0. The van der Waals surface area contributed by atoms with Crippen molar-refractivity contribution in [1.82, 2.24) is 24.5 Å². The third-order valence-electron chi connectivity index (χ3n) is 5.78. The van der Waals surface area contributed by atoms with Crippen LogP contribution in [0.15, 0.2) is 59.8 Å². The molecule has 5 rings (SSSR count). The molecule has 0 spiro atoms. The maximum Gasteiger partial charge on any atom is 0.255 e. The van der Waals surface area contributed by atoms with E-state index in [9.17, 15) is 4.79 Å². The second kappa shape index (κ2) is 8.22. The molecule has 1 saturated carbocycles. The SMILES string of the molecule is CCc1cnc2nc(N[C@H]3CC[C@H](Nc4ccc(-n5ccccc5=O)cn4)C3)[nH]c2c1. The maximum absolute atomic E-state index is 12.0. The number of aryl methyl sites for hydroxylation is 1. The van der Waals surface area contributed by atoms with Gasteiger partial charge >= 0.3 is 0 Å². The van der Waals surface area contributed by atoms with Gasteiger partial charge in [-0.1, -0.05) is 13.0 Å². The third-order valence-corrected chi connectivity index (χ3v) is 5.78. The third kappa shape index (κ3) is 4.14. The normalized spacial score (nSPS) is 18.4. The van der Waals surface area contributed by atoms with Crippen molar-refractivity contribution in [2.75, 3.05) is 10.6 Å². The van der Waals surface area contributed by atoms with Crippen molar-refractivity contribution in [2.45, 2.75) is 44.7 Å². The van der Waals surface area contributed by atoms with Crippen LogP contribution in [0.25, 0.3) is 16.9 Å². The van der Waals surface area contributed by atoms with Crippen LogP contribution in [-0.4, -0.2) is 36.6 Å². The summed E-state index contributed by atoms with van der Waals surface area (Å²) in [5, 5.41) is 7.03. The molecule has 0 radical (unpaired) electrons. The van der Waals surface area contributed by atoms with Crippen LogP contribution in [0.1, 0.15) is 31.7 Å². The van der Waals surface area contributed by atoms with Gasteiger partial charge in [-0.05, 0) is 55.5 Å². The average Bonchev–Trinajstić information content (AvgIpc) is 3.40. The Kier molecular flexibility index (Phi) is 5.11. The summed E-state index contributed by atoms with van der Waals surface area (Å²) in [5.74, 6) is 1.59. The molecule has 1 fully saturated rings. The minimum Gasteiger partial charge on any atom is -0.367 e. The van der Waals surface area contributed by atoms with Crippen molar-refractivity contribution in [3.63, 3.8) is 0 Å². The molecule has 3 N–H and O–H groups in total. The fourth-order valence-electron chi connectivity index (χ4n) is 4.11. The van der Waals surface area contributed by atoms with Crippen LogP contribution in [0.4, 0.5) is 11.8 Å². The van der Waals surface area contributed by atoms with Crippen molar-refractivity contribution < 1.29 is 0 Å². The van der Waals surface area contributed by atoms with Crippen LogP contribution in [0.2, 0.25) is 0 Å². The summed E-state index contributed by atoms with van der Waals surface area (Å²) in [6, 6.07) is 11.7. The van der Waals surface area contributed by atoms with Gasteiger partial charge in [0.15, 0.2) is 5.65 Å². The van der Waals surface area contributed by atoms with E-state index in [2.05, 4.69) is 43.6 Å². The number of pyridine rings is 3. The van der Waals surface area contributed by atoms with Gasteiger partial charge in [0.1, 0.15) is 5.82 Å². The van der Waals surface area contributed by atoms with Gasteiger partial charge in [-0.2, -0.15) is 4.98 Å². The molecule has 1 aliphatic carbocycles. The predicted molar refractivity (Wildman–Crippen MR) is 122 cm³/mol. The van der Waals surface area contributed by atoms with Gasteiger partial charge < -0.3 is 15.6 Å². The van der Waals surface area contributed by atoms with E-state index in [1.165, 1.54) is 5.56 Å². The molecule has 0 amide bonds. The molecule has 4 aromatic rings. The van der Waals surface area contributed by atoms with E-state index in [1.54, 1.807) is 29.1 Å². The first-order valence-electron chi connectivity index (χ1n) is 10.7. The highest BCUT2D eigenvalue weighted by atomic mass is 16.1. The van der Waals surface area contributed by atoms with E-state index in [-0.39, 0.29) is 5.56 Å². The maximum atomic E-state index is 12.0. The number of hydrogen-bond donors (Lipinski definition) is 3. The minimum absolute atomic E-state index is 0.0681.